The fourth-order valence-electron chi connectivity index (χ4n) is 3.45. The number of methoxy groups -OCH3 is 3. The van der Waals surface area contributed by atoms with Crippen molar-refractivity contribution in [1.82, 2.24) is 0 Å². The number of hydrogen-bond donors (Lipinski definition) is 0. The van der Waals surface area contributed by atoms with E-state index in [0.29, 0.717) is 32.5 Å². The minimum Gasteiger partial charge on any atom is -0.379 e. The van der Waals surface area contributed by atoms with Gasteiger partial charge in [-0.15, -0.1) is 0 Å². The van der Waals surface area contributed by atoms with Gasteiger partial charge in [0.25, 0.3) is 5.97 Å². The molecule has 0 radical (unpaired) electrons. The van der Waals surface area contributed by atoms with Crippen molar-refractivity contribution in [1.29, 1.82) is 0 Å². The Morgan fingerprint density at radius 3 is 2.04 bits per heavy atom. The summed E-state index contributed by atoms with van der Waals surface area (Å²) in [5.74, 6) is -0.771. The number of rotatable bonds is 20. The first-order chi connectivity index (χ1) is 13.2. The van der Waals surface area contributed by atoms with Crippen LogP contribution in [0.15, 0.2) is 0 Å². The molecule has 0 spiro atoms. The Morgan fingerprint density at radius 1 is 0.815 bits per heavy atom. The Bertz CT molecular complexity index is 322. The summed E-state index contributed by atoms with van der Waals surface area (Å²) in [6.07, 6.45) is 10.9. The van der Waals surface area contributed by atoms with Gasteiger partial charge in [-0.2, -0.15) is 0 Å². The highest BCUT2D eigenvalue weighted by atomic mass is 16.9. The van der Waals surface area contributed by atoms with Gasteiger partial charge in [-0.05, 0) is 19.3 Å². The van der Waals surface area contributed by atoms with Crippen LogP contribution in [-0.4, -0.2) is 66.4 Å². The molecule has 6 nitrogen and oxygen atoms in total. The monoisotopic (exact) mass is 390 g/mol. The molecule has 1 heterocycles. The average molecular weight is 391 g/mol. The molecule has 0 amide bonds. The second kappa shape index (κ2) is 15.7. The van der Waals surface area contributed by atoms with Crippen LogP contribution in [0.25, 0.3) is 0 Å². The first kappa shape index (κ1) is 24.8. The molecule has 1 saturated heterocycles. The third-order valence-electron chi connectivity index (χ3n) is 5.18. The molecule has 162 valence electrons. The van der Waals surface area contributed by atoms with Crippen molar-refractivity contribution in [2.75, 3.05) is 54.4 Å². The van der Waals surface area contributed by atoms with Crippen LogP contribution in [0.3, 0.4) is 0 Å². The molecule has 0 aromatic heterocycles. The molecule has 1 rings (SSSR count). The Hall–Kier alpha value is -0.240. The molecule has 1 fully saturated rings. The van der Waals surface area contributed by atoms with E-state index < -0.39 is 5.97 Å². The molecule has 0 saturated carbocycles. The predicted octanol–water partition coefficient (Wildman–Crippen LogP) is 4.16. The second-order valence-electron chi connectivity index (χ2n) is 7.25. The zero-order valence-electron chi connectivity index (χ0n) is 18.0. The summed E-state index contributed by atoms with van der Waals surface area (Å²) in [4.78, 5) is 0. The lowest BCUT2D eigenvalue weighted by Gasteiger charge is -2.36. The number of hydrogen-bond acceptors (Lipinski definition) is 6. The van der Waals surface area contributed by atoms with E-state index in [9.17, 15) is 0 Å². The fourth-order valence-corrected chi connectivity index (χ4v) is 3.45. The topological polar surface area (TPSA) is 58.7 Å². The van der Waals surface area contributed by atoms with E-state index in [2.05, 4.69) is 6.92 Å². The third kappa shape index (κ3) is 10.8. The highest BCUT2D eigenvalue weighted by Crippen LogP contribution is 2.32. The minimum atomic E-state index is -0.962. The number of epoxide rings is 1. The maximum Gasteiger partial charge on any atom is 0.285 e. The molecular formula is C21H42O6. The van der Waals surface area contributed by atoms with Crippen molar-refractivity contribution in [3.05, 3.63) is 0 Å². The molecule has 0 N–H and O–H groups in total. The van der Waals surface area contributed by atoms with E-state index in [1.165, 1.54) is 38.5 Å². The van der Waals surface area contributed by atoms with Gasteiger partial charge in [0.2, 0.25) is 0 Å². The SMILES string of the molecule is CCCCCCCCC(CCCOCCOCC1CO1)C(OC)(OC)OC. The number of ether oxygens (including phenoxy) is 6. The lowest BCUT2D eigenvalue weighted by molar-refractivity contribution is -0.380. The van der Waals surface area contributed by atoms with Crippen molar-refractivity contribution in [3.63, 3.8) is 0 Å². The average Bonchev–Trinajstić information content (AvgIpc) is 3.52. The summed E-state index contributed by atoms with van der Waals surface area (Å²) in [5, 5.41) is 0. The Morgan fingerprint density at radius 2 is 1.41 bits per heavy atom. The van der Waals surface area contributed by atoms with E-state index in [-0.39, 0.29) is 5.92 Å². The van der Waals surface area contributed by atoms with Crippen LogP contribution in [0.1, 0.15) is 64.7 Å². The maximum absolute atomic E-state index is 5.68. The van der Waals surface area contributed by atoms with Crippen LogP contribution >= 0.6 is 0 Å². The van der Waals surface area contributed by atoms with Crippen LogP contribution in [0.4, 0.5) is 0 Å². The lowest BCUT2D eigenvalue weighted by atomic mass is 9.93. The molecule has 2 atom stereocenters. The summed E-state index contributed by atoms with van der Waals surface area (Å²) >= 11 is 0. The zero-order chi connectivity index (χ0) is 19.8. The van der Waals surface area contributed by atoms with E-state index in [0.717, 1.165) is 25.9 Å². The summed E-state index contributed by atoms with van der Waals surface area (Å²) in [6, 6.07) is 0. The lowest BCUT2D eigenvalue weighted by Crippen LogP contribution is -2.44. The molecule has 1 aliphatic heterocycles. The van der Waals surface area contributed by atoms with Gasteiger partial charge in [0.1, 0.15) is 6.10 Å². The third-order valence-corrected chi connectivity index (χ3v) is 5.18. The molecule has 2 unspecified atom stereocenters. The van der Waals surface area contributed by atoms with Gasteiger partial charge in [0, 0.05) is 33.9 Å². The van der Waals surface area contributed by atoms with Crippen molar-refractivity contribution < 1.29 is 28.4 Å². The minimum absolute atomic E-state index is 0.190. The first-order valence-electron chi connectivity index (χ1n) is 10.6. The molecule has 1 aliphatic rings. The van der Waals surface area contributed by atoms with Crippen LogP contribution in [-0.2, 0) is 28.4 Å². The first-order valence-corrected chi connectivity index (χ1v) is 10.6. The molecule has 6 heteroatoms. The summed E-state index contributed by atoms with van der Waals surface area (Å²) in [6.45, 7) is 5.72. The van der Waals surface area contributed by atoms with Crippen LogP contribution in [0.2, 0.25) is 0 Å². The van der Waals surface area contributed by atoms with Gasteiger partial charge < -0.3 is 28.4 Å². The molecule has 27 heavy (non-hydrogen) atoms. The van der Waals surface area contributed by atoms with Crippen molar-refractivity contribution in [2.45, 2.75) is 76.8 Å². The molecule has 0 aromatic rings. The Kier molecular flexibility index (Phi) is 14.4. The quantitative estimate of drug-likeness (QED) is 0.177. The van der Waals surface area contributed by atoms with E-state index in [4.69, 9.17) is 28.4 Å². The highest BCUT2D eigenvalue weighted by molar-refractivity contribution is 4.72. The van der Waals surface area contributed by atoms with Crippen molar-refractivity contribution in [2.24, 2.45) is 5.92 Å². The highest BCUT2D eigenvalue weighted by Gasteiger charge is 2.39. The number of unbranched alkanes of at least 4 members (excludes halogenated alkanes) is 5. The zero-order valence-corrected chi connectivity index (χ0v) is 18.0. The van der Waals surface area contributed by atoms with Gasteiger partial charge in [0.15, 0.2) is 0 Å². The Labute approximate surface area is 166 Å². The Balaban J connectivity index is 2.23. The molecule has 0 aliphatic carbocycles. The van der Waals surface area contributed by atoms with Gasteiger partial charge in [0.05, 0.1) is 26.4 Å². The van der Waals surface area contributed by atoms with Crippen molar-refractivity contribution >= 4 is 0 Å². The largest absolute Gasteiger partial charge is 0.379 e. The normalized spacial score (nSPS) is 18.0. The standard InChI is InChI=1S/C21H42O6/c1-5-6-7-8-9-10-12-19(21(22-2,23-3)24-4)13-11-14-25-15-16-26-17-20-18-27-20/h19-20H,5-18H2,1-4H3. The molecule has 0 aromatic carbocycles. The van der Waals surface area contributed by atoms with Crippen LogP contribution < -0.4 is 0 Å². The molecular weight excluding hydrogens is 348 g/mol. The smallest absolute Gasteiger partial charge is 0.285 e. The van der Waals surface area contributed by atoms with E-state index in [1.54, 1.807) is 21.3 Å². The van der Waals surface area contributed by atoms with Gasteiger partial charge in [-0.1, -0.05) is 45.4 Å². The van der Waals surface area contributed by atoms with Gasteiger partial charge in [-0.25, -0.2) is 0 Å². The van der Waals surface area contributed by atoms with Crippen LogP contribution in [0, 0.1) is 5.92 Å². The second-order valence-corrected chi connectivity index (χ2v) is 7.25. The fraction of sp³-hybridized carbons (Fsp3) is 1.00. The summed E-state index contributed by atoms with van der Waals surface area (Å²) in [5.41, 5.74) is 0. The van der Waals surface area contributed by atoms with Gasteiger partial charge >= 0.3 is 0 Å². The van der Waals surface area contributed by atoms with E-state index in [1.807, 2.05) is 0 Å². The van der Waals surface area contributed by atoms with Crippen molar-refractivity contribution in [3.8, 4) is 0 Å². The summed E-state index contributed by atoms with van der Waals surface area (Å²) in [7, 11) is 4.95. The maximum atomic E-state index is 5.68. The van der Waals surface area contributed by atoms with E-state index >= 15 is 0 Å². The van der Waals surface area contributed by atoms with Crippen LogP contribution in [0.5, 0.6) is 0 Å². The summed E-state index contributed by atoms with van der Waals surface area (Å²) < 4.78 is 33.1. The molecule has 0 bridgehead atoms. The predicted molar refractivity (Wildman–Crippen MR) is 106 cm³/mol. The van der Waals surface area contributed by atoms with Gasteiger partial charge in [-0.3, -0.25) is 0 Å².